The molecule has 1 fully saturated rings. The van der Waals surface area contributed by atoms with Crippen molar-refractivity contribution < 1.29 is 4.79 Å². The lowest BCUT2D eigenvalue weighted by Gasteiger charge is -2.37. The first-order valence-corrected chi connectivity index (χ1v) is 8.70. The van der Waals surface area contributed by atoms with Gasteiger partial charge < -0.3 is 10.2 Å². The third kappa shape index (κ3) is 2.63. The van der Waals surface area contributed by atoms with Gasteiger partial charge in [-0.3, -0.25) is 9.48 Å². The molecule has 126 valence electrons. The maximum absolute atomic E-state index is 13.3. The predicted molar refractivity (Wildman–Crippen MR) is 92.5 cm³/mol. The van der Waals surface area contributed by atoms with Gasteiger partial charge in [-0.15, -0.1) is 0 Å². The summed E-state index contributed by atoms with van der Waals surface area (Å²) in [5.74, 6) is 0.494. The minimum absolute atomic E-state index is 0.00177. The molecule has 5 heteroatoms. The quantitative estimate of drug-likeness (QED) is 0.915. The van der Waals surface area contributed by atoms with Gasteiger partial charge in [-0.2, -0.15) is 5.10 Å². The zero-order valence-electron chi connectivity index (χ0n) is 14.3. The number of hydrogen-bond donors (Lipinski definition) is 1. The summed E-state index contributed by atoms with van der Waals surface area (Å²) in [7, 11) is 1.92. The van der Waals surface area contributed by atoms with Crippen molar-refractivity contribution in [2.45, 2.75) is 31.8 Å². The third-order valence-electron chi connectivity index (χ3n) is 5.47. The van der Waals surface area contributed by atoms with Crippen LogP contribution in [0.25, 0.3) is 0 Å². The minimum atomic E-state index is 0.00177. The average molecular weight is 324 g/mol. The van der Waals surface area contributed by atoms with Gasteiger partial charge in [0.2, 0.25) is 5.91 Å². The topological polar surface area (TPSA) is 50.2 Å². The minimum Gasteiger partial charge on any atom is -0.335 e. The van der Waals surface area contributed by atoms with Gasteiger partial charge in [-0.05, 0) is 30.0 Å². The molecule has 5 nitrogen and oxygen atoms in total. The lowest BCUT2D eigenvalue weighted by atomic mass is 9.87. The van der Waals surface area contributed by atoms with Crippen molar-refractivity contribution >= 4 is 5.91 Å². The van der Waals surface area contributed by atoms with E-state index in [-0.39, 0.29) is 23.8 Å². The monoisotopic (exact) mass is 324 g/mol. The maximum atomic E-state index is 13.3. The molecule has 1 aromatic carbocycles. The van der Waals surface area contributed by atoms with Crippen LogP contribution in [0, 0.1) is 5.92 Å². The van der Waals surface area contributed by atoms with E-state index in [1.165, 1.54) is 11.1 Å². The Morgan fingerprint density at radius 3 is 2.79 bits per heavy atom. The van der Waals surface area contributed by atoms with Gasteiger partial charge in [0.05, 0.1) is 12.1 Å². The van der Waals surface area contributed by atoms with Gasteiger partial charge in [-0.25, -0.2) is 0 Å². The number of aryl methyl sites for hydroxylation is 1. The molecule has 4 rings (SSSR count). The standard InChI is InChI=1S/C19H24N4O/c1-13-7-14-5-3-4-6-15(14)12-23(13)19(24)18-10-20-9-17(18)16-8-21-22(2)11-16/h3-6,8,11,13,17-18,20H,7,9-10,12H2,1-2H3/t13?,17-,18+/m1/s1. The number of nitrogens with one attached hydrogen (secondary N) is 1. The summed E-state index contributed by atoms with van der Waals surface area (Å²) in [5, 5.41) is 7.68. The van der Waals surface area contributed by atoms with Crippen LogP contribution in [0.2, 0.25) is 0 Å². The van der Waals surface area contributed by atoms with E-state index in [0.717, 1.165) is 31.6 Å². The highest BCUT2D eigenvalue weighted by Crippen LogP contribution is 2.32. The van der Waals surface area contributed by atoms with Crippen LogP contribution in [0.5, 0.6) is 0 Å². The first kappa shape index (κ1) is 15.4. The van der Waals surface area contributed by atoms with Crippen LogP contribution in [-0.4, -0.2) is 39.7 Å². The Morgan fingerprint density at radius 1 is 1.25 bits per heavy atom. The van der Waals surface area contributed by atoms with E-state index in [2.05, 4.69) is 46.5 Å². The molecule has 3 atom stereocenters. The van der Waals surface area contributed by atoms with Crippen molar-refractivity contribution in [3.05, 3.63) is 53.3 Å². The molecule has 1 N–H and O–H groups in total. The summed E-state index contributed by atoms with van der Waals surface area (Å²) in [4.78, 5) is 15.3. The van der Waals surface area contributed by atoms with Gasteiger partial charge >= 0.3 is 0 Å². The lowest BCUT2D eigenvalue weighted by molar-refractivity contribution is -0.138. The van der Waals surface area contributed by atoms with Gasteiger partial charge in [0.25, 0.3) is 0 Å². The van der Waals surface area contributed by atoms with Crippen molar-refractivity contribution in [3.63, 3.8) is 0 Å². The number of aromatic nitrogens is 2. The Bertz CT molecular complexity index is 753. The molecule has 2 aromatic rings. The van der Waals surface area contributed by atoms with Crippen LogP contribution >= 0.6 is 0 Å². The summed E-state index contributed by atoms with van der Waals surface area (Å²) in [5.41, 5.74) is 3.82. The normalized spacial score (nSPS) is 26.4. The number of fused-ring (bicyclic) bond motifs is 1. The molecule has 0 radical (unpaired) electrons. The average Bonchev–Trinajstić information content (AvgIpc) is 3.22. The summed E-state index contributed by atoms with van der Waals surface area (Å²) in [6.07, 6.45) is 4.87. The Balaban J connectivity index is 1.57. The molecule has 1 aromatic heterocycles. The fourth-order valence-electron chi connectivity index (χ4n) is 4.11. The van der Waals surface area contributed by atoms with Crippen molar-refractivity contribution in [3.8, 4) is 0 Å². The van der Waals surface area contributed by atoms with Crippen molar-refractivity contribution in [2.24, 2.45) is 13.0 Å². The van der Waals surface area contributed by atoms with Gasteiger partial charge in [0.1, 0.15) is 0 Å². The molecule has 1 saturated heterocycles. The SMILES string of the molecule is CC1Cc2ccccc2CN1C(=O)[C@H]1CNC[C@@H]1c1cnn(C)c1. The number of benzene rings is 1. The number of hydrogen-bond acceptors (Lipinski definition) is 3. The van der Waals surface area contributed by atoms with Crippen LogP contribution in [-0.2, 0) is 24.8 Å². The molecule has 0 aliphatic carbocycles. The molecular weight excluding hydrogens is 300 g/mol. The van der Waals surface area contributed by atoms with E-state index in [0.29, 0.717) is 0 Å². The Kier molecular flexibility index (Phi) is 3.88. The molecule has 3 heterocycles. The Morgan fingerprint density at radius 2 is 2.04 bits per heavy atom. The third-order valence-corrected chi connectivity index (χ3v) is 5.47. The molecule has 1 amide bonds. The molecule has 24 heavy (non-hydrogen) atoms. The summed E-state index contributed by atoms with van der Waals surface area (Å²) < 4.78 is 1.81. The molecular formula is C19H24N4O. The van der Waals surface area contributed by atoms with Crippen molar-refractivity contribution in [1.82, 2.24) is 20.0 Å². The second-order valence-corrected chi connectivity index (χ2v) is 7.11. The van der Waals surface area contributed by atoms with Crippen LogP contribution < -0.4 is 5.32 Å². The van der Waals surface area contributed by atoms with E-state index >= 15 is 0 Å². The smallest absolute Gasteiger partial charge is 0.228 e. The van der Waals surface area contributed by atoms with Gasteiger partial charge in [0, 0.05) is 44.8 Å². The van der Waals surface area contributed by atoms with Crippen molar-refractivity contribution in [2.75, 3.05) is 13.1 Å². The van der Waals surface area contributed by atoms with E-state index < -0.39 is 0 Å². The first-order valence-electron chi connectivity index (χ1n) is 8.70. The molecule has 1 unspecified atom stereocenters. The summed E-state index contributed by atoms with van der Waals surface area (Å²) in [6, 6.07) is 8.73. The molecule has 0 bridgehead atoms. The highest BCUT2D eigenvalue weighted by atomic mass is 16.2. The number of amides is 1. The largest absolute Gasteiger partial charge is 0.335 e. The zero-order valence-corrected chi connectivity index (χ0v) is 14.3. The summed E-state index contributed by atoms with van der Waals surface area (Å²) >= 11 is 0. The summed E-state index contributed by atoms with van der Waals surface area (Å²) in [6.45, 7) is 4.49. The second kappa shape index (κ2) is 6.06. The highest BCUT2D eigenvalue weighted by Gasteiger charge is 2.39. The number of nitrogens with zero attached hydrogens (tertiary/aromatic N) is 3. The fourth-order valence-corrected chi connectivity index (χ4v) is 4.11. The zero-order chi connectivity index (χ0) is 16.7. The lowest BCUT2D eigenvalue weighted by Crippen LogP contribution is -2.46. The second-order valence-electron chi connectivity index (χ2n) is 7.11. The number of carbonyl (C=O) groups is 1. The number of rotatable bonds is 2. The Hall–Kier alpha value is -2.14. The van der Waals surface area contributed by atoms with E-state index in [1.54, 1.807) is 0 Å². The van der Waals surface area contributed by atoms with Crippen LogP contribution in [0.3, 0.4) is 0 Å². The fraction of sp³-hybridized carbons (Fsp3) is 0.474. The van der Waals surface area contributed by atoms with Crippen LogP contribution in [0.15, 0.2) is 36.7 Å². The van der Waals surface area contributed by atoms with Crippen molar-refractivity contribution in [1.29, 1.82) is 0 Å². The Labute approximate surface area is 142 Å². The molecule has 0 saturated carbocycles. The van der Waals surface area contributed by atoms with Crippen LogP contribution in [0.1, 0.15) is 29.5 Å². The van der Waals surface area contributed by atoms with E-state index in [4.69, 9.17) is 0 Å². The first-order chi connectivity index (χ1) is 11.6. The highest BCUT2D eigenvalue weighted by molar-refractivity contribution is 5.81. The number of carbonyl (C=O) groups excluding carboxylic acids is 1. The molecule has 2 aliphatic heterocycles. The molecule has 0 spiro atoms. The van der Waals surface area contributed by atoms with Gasteiger partial charge in [-0.1, -0.05) is 24.3 Å². The maximum Gasteiger partial charge on any atom is 0.228 e. The van der Waals surface area contributed by atoms with E-state index in [9.17, 15) is 4.79 Å². The molecule has 2 aliphatic rings. The predicted octanol–water partition coefficient (Wildman–Crippen LogP) is 1.70. The van der Waals surface area contributed by atoms with E-state index in [1.807, 2.05) is 24.1 Å². The van der Waals surface area contributed by atoms with Gasteiger partial charge in [0.15, 0.2) is 0 Å². The van der Waals surface area contributed by atoms with Crippen LogP contribution in [0.4, 0.5) is 0 Å².